The lowest BCUT2D eigenvalue weighted by Crippen LogP contribution is -2.07. The zero-order valence-electron chi connectivity index (χ0n) is 14.0. The number of nitriles is 1. The molecule has 3 aromatic heterocycles. The lowest BCUT2D eigenvalue weighted by molar-refractivity contribution is 1.20. The van der Waals surface area contributed by atoms with Crippen LogP contribution in [0.1, 0.15) is 0 Å². The van der Waals surface area contributed by atoms with Crippen molar-refractivity contribution in [1.29, 1.82) is 5.26 Å². The van der Waals surface area contributed by atoms with E-state index in [-0.39, 0.29) is 5.56 Å². The highest BCUT2D eigenvalue weighted by molar-refractivity contribution is 5.95. The zero-order valence-corrected chi connectivity index (χ0v) is 14.0. The number of aromatic amines is 2. The van der Waals surface area contributed by atoms with Crippen molar-refractivity contribution in [3.05, 3.63) is 71.4 Å². The maximum Gasteiger partial charge on any atom is 0.247 e. The van der Waals surface area contributed by atoms with Gasteiger partial charge in [0.15, 0.2) is 6.19 Å². The number of pyridine rings is 2. The van der Waals surface area contributed by atoms with E-state index in [0.717, 1.165) is 39.0 Å². The van der Waals surface area contributed by atoms with Crippen LogP contribution in [0.25, 0.3) is 33.3 Å². The van der Waals surface area contributed by atoms with Crippen LogP contribution in [0, 0.1) is 11.5 Å². The Morgan fingerprint density at radius 2 is 1.92 bits per heavy atom. The molecular formula is C20H15N5O. The predicted molar refractivity (Wildman–Crippen MR) is 102 cm³/mol. The van der Waals surface area contributed by atoms with E-state index >= 15 is 0 Å². The van der Waals surface area contributed by atoms with E-state index in [1.807, 2.05) is 30.5 Å². The molecule has 0 saturated heterocycles. The fourth-order valence-electron chi connectivity index (χ4n) is 2.93. The molecule has 126 valence electrons. The van der Waals surface area contributed by atoms with Gasteiger partial charge in [-0.1, -0.05) is 12.1 Å². The van der Waals surface area contributed by atoms with Crippen LogP contribution in [0.5, 0.6) is 0 Å². The van der Waals surface area contributed by atoms with E-state index in [0.29, 0.717) is 0 Å². The van der Waals surface area contributed by atoms with Gasteiger partial charge in [0.25, 0.3) is 0 Å². The van der Waals surface area contributed by atoms with Crippen molar-refractivity contribution in [3.63, 3.8) is 0 Å². The molecule has 0 unspecified atom stereocenters. The molecule has 0 radical (unpaired) electrons. The van der Waals surface area contributed by atoms with Crippen LogP contribution in [0.15, 0.2) is 65.8 Å². The number of anilines is 1. The molecule has 4 aromatic rings. The van der Waals surface area contributed by atoms with Gasteiger partial charge in [-0.2, -0.15) is 5.26 Å². The summed E-state index contributed by atoms with van der Waals surface area (Å²) < 4.78 is 0. The van der Waals surface area contributed by atoms with Gasteiger partial charge >= 0.3 is 0 Å². The second-order valence-corrected chi connectivity index (χ2v) is 5.97. The van der Waals surface area contributed by atoms with Crippen molar-refractivity contribution in [2.45, 2.75) is 0 Å². The Hall–Kier alpha value is -3.85. The summed E-state index contributed by atoms with van der Waals surface area (Å²) >= 11 is 0. The van der Waals surface area contributed by atoms with Crippen LogP contribution in [-0.2, 0) is 0 Å². The summed E-state index contributed by atoms with van der Waals surface area (Å²) in [4.78, 5) is 23.2. The molecule has 3 heterocycles. The Kier molecular flexibility index (Phi) is 3.75. The minimum absolute atomic E-state index is 0.133. The second-order valence-electron chi connectivity index (χ2n) is 5.97. The van der Waals surface area contributed by atoms with Crippen LogP contribution in [0.4, 0.5) is 5.69 Å². The third-order valence-corrected chi connectivity index (χ3v) is 4.34. The molecule has 0 aliphatic rings. The minimum Gasteiger partial charge on any atom is -0.346 e. The number of H-pyrrole nitrogens is 2. The molecule has 0 spiro atoms. The summed E-state index contributed by atoms with van der Waals surface area (Å²) in [7, 11) is 1.72. The van der Waals surface area contributed by atoms with Crippen LogP contribution >= 0.6 is 0 Å². The van der Waals surface area contributed by atoms with Gasteiger partial charge in [0.2, 0.25) is 5.56 Å². The summed E-state index contributed by atoms with van der Waals surface area (Å²) in [6.45, 7) is 0. The predicted octanol–water partition coefficient (Wildman–Crippen LogP) is 3.50. The Morgan fingerprint density at radius 3 is 2.69 bits per heavy atom. The van der Waals surface area contributed by atoms with Gasteiger partial charge in [-0.05, 0) is 29.8 Å². The number of hydrogen-bond acceptors (Lipinski definition) is 4. The van der Waals surface area contributed by atoms with Gasteiger partial charge in [-0.15, -0.1) is 0 Å². The molecule has 0 fully saturated rings. The summed E-state index contributed by atoms with van der Waals surface area (Å²) in [6, 6.07) is 13.1. The molecule has 6 heteroatoms. The lowest BCUT2D eigenvalue weighted by Gasteiger charge is -2.10. The summed E-state index contributed by atoms with van der Waals surface area (Å²) in [5.41, 5.74) is 5.28. The van der Waals surface area contributed by atoms with Crippen LogP contribution in [-0.4, -0.2) is 22.0 Å². The number of benzene rings is 1. The second kappa shape index (κ2) is 6.22. The smallest absolute Gasteiger partial charge is 0.247 e. The van der Waals surface area contributed by atoms with Gasteiger partial charge in [0, 0.05) is 53.8 Å². The average molecular weight is 341 g/mol. The Morgan fingerprint density at radius 1 is 1.04 bits per heavy atom. The molecule has 2 N–H and O–H groups in total. The molecule has 0 saturated carbocycles. The highest BCUT2D eigenvalue weighted by Crippen LogP contribution is 2.31. The molecule has 4 rings (SSSR count). The molecule has 6 nitrogen and oxygen atoms in total. The molecule has 0 aliphatic heterocycles. The molecule has 0 amide bonds. The Labute approximate surface area is 149 Å². The first-order chi connectivity index (χ1) is 12.7. The topological polar surface area (TPSA) is 88.6 Å². The van der Waals surface area contributed by atoms with Crippen molar-refractivity contribution in [1.82, 2.24) is 15.0 Å². The first-order valence-corrected chi connectivity index (χ1v) is 8.06. The van der Waals surface area contributed by atoms with Crippen molar-refractivity contribution in [2.24, 2.45) is 0 Å². The summed E-state index contributed by atoms with van der Waals surface area (Å²) in [6.07, 6.45) is 7.49. The molecule has 0 aliphatic carbocycles. The molecule has 26 heavy (non-hydrogen) atoms. The van der Waals surface area contributed by atoms with Crippen LogP contribution in [0.3, 0.4) is 0 Å². The van der Waals surface area contributed by atoms with E-state index in [2.05, 4.69) is 27.2 Å². The number of fused-ring (bicyclic) bond motifs is 1. The summed E-state index contributed by atoms with van der Waals surface area (Å²) in [5.74, 6) is 0. The van der Waals surface area contributed by atoms with E-state index in [4.69, 9.17) is 5.26 Å². The van der Waals surface area contributed by atoms with Gasteiger partial charge in [-0.3, -0.25) is 9.69 Å². The fourth-order valence-corrected chi connectivity index (χ4v) is 2.93. The van der Waals surface area contributed by atoms with Gasteiger partial charge in [0.05, 0.1) is 5.69 Å². The average Bonchev–Trinajstić information content (AvgIpc) is 3.11. The maximum absolute atomic E-state index is 11.3. The highest BCUT2D eigenvalue weighted by atomic mass is 16.1. The van der Waals surface area contributed by atoms with Gasteiger partial charge in [0.1, 0.15) is 5.65 Å². The number of hydrogen-bond donors (Lipinski definition) is 2. The SMILES string of the molecule is CN(C#N)c1cccc(-c2cnc3[nH]cc(-c4ccc(=O)[nH]c4)c3c2)c1. The van der Waals surface area contributed by atoms with Crippen molar-refractivity contribution in [2.75, 3.05) is 11.9 Å². The first-order valence-electron chi connectivity index (χ1n) is 8.06. The third kappa shape index (κ3) is 2.72. The van der Waals surface area contributed by atoms with E-state index in [1.165, 1.54) is 11.0 Å². The summed E-state index contributed by atoms with van der Waals surface area (Å²) in [5, 5.41) is 10.0. The zero-order chi connectivity index (χ0) is 18.1. The van der Waals surface area contributed by atoms with Gasteiger partial charge in [-0.25, -0.2) is 4.98 Å². The molecule has 0 bridgehead atoms. The van der Waals surface area contributed by atoms with Crippen molar-refractivity contribution in [3.8, 4) is 28.4 Å². The van der Waals surface area contributed by atoms with E-state index in [1.54, 1.807) is 25.5 Å². The van der Waals surface area contributed by atoms with Crippen LogP contribution < -0.4 is 10.5 Å². The Bertz CT molecular complexity index is 1180. The standard InChI is InChI=1S/C20H15N5O/c1-25(12-21)16-4-2-3-13(7-16)15-8-17-18(11-24-20(17)23-10-15)14-5-6-19(26)22-9-14/h2-11H,1H3,(H,22,26)(H,23,24). The molecule has 0 atom stereocenters. The van der Waals surface area contributed by atoms with Crippen LogP contribution in [0.2, 0.25) is 0 Å². The maximum atomic E-state index is 11.3. The quantitative estimate of drug-likeness (QED) is 0.441. The number of nitrogens with one attached hydrogen (secondary N) is 2. The number of aromatic nitrogens is 3. The van der Waals surface area contributed by atoms with Crippen molar-refractivity contribution < 1.29 is 0 Å². The third-order valence-electron chi connectivity index (χ3n) is 4.34. The normalized spacial score (nSPS) is 10.6. The fraction of sp³-hybridized carbons (Fsp3) is 0.0500. The van der Waals surface area contributed by atoms with Gasteiger partial charge < -0.3 is 9.97 Å². The lowest BCUT2D eigenvalue weighted by atomic mass is 10.0. The first kappa shape index (κ1) is 15.7. The van der Waals surface area contributed by atoms with E-state index < -0.39 is 0 Å². The minimum atomic E-state index is -0.133. The Balaban J connectivity index is 1.83. The largest absolute Gasteiger partial charge is 0.346 e. The number of rotatable bonds is 3. The molecule has 1 aromatic carbocycles. The van der Waals surface area contributed by atoms with E-state index in [9.17, 15) is 4.79 Å². The highest BCUT2D eigenvalue weighted by Gasteiger charge is 2.10. The molecular weight excluding hydrogens is 326 g/mol. The number of nitrogens with zero attached hydrogens (tertiary/aromatic N) is 3. The van der Waals surface area contributed by atoms with Crippen molar-refractivity contribution >= 4 is 16.7 Å². The monoisotopic (exact) mass is 341 g/mol.